The van der Waals surface area contributed by atoms with Gasteiger partial charge < -0.3 is 10.6 Å². The number of nitrogens with one attached hydrogen (secondary N) is 2. The minimum absolute atomic E-state index is 0.0373. The van der Waals surface area contributed by atoms with Gasteiger partial charge in [0.05, 0.1) is 10.7 Å². The summed E-state index contributed by atoms with van der Waals surface area (Å²) in [4.78, 5) is 11.8. The van der Waals surface area contributed by atoms with E-state index in [1.165, 1.54) is 25.0 Å². The molecule has 0 radical (unpaired) electrons. The molecule has 2 amide bonds. The van der Waals surface area contributed by atoms with E-state index >= 15 is 0 Å². The monoisotopic (exact) mass is 284 g/mol. The number of carbonyl (C=O) groups is 1. The lowest BCUT2D eigenvalue weighted by atomic mass is 10.1. The highest BCUT2D eigenvalue weighted by molar-refractivity contribution is 6.33. The largest absolute Gasteiger partial charge is 0.335 e. The Morgan fingerprint density at radius 2 is 1.89 bits per heavy atom. The van der Waals surface area contributed by atoms with Gasteiger partial charge in [-0.25, -0.2) is 9.18 Å². The third-order valence-corrected chi connectivity index (χ3v) is 3.71. The van der Waals surface area contributed by atoms with E-state index in [9.17, 15) is 9.18 Å². The zero-order valence-corrected chi connectivity index (χ0v) is 11.5. The Balaban J connectivity index is 1.93. The fraction of sp³-hybridized carbons (Fsp3) is 0.500. The van der Waals surface area contributed by atoms with E-state index in [4.69, 9.17) is 11.6 Å². The van der Waals surface area contributed by atoms with Gasteiger partial charge in [0, 0.05) is 6.04 Å². The molecule has 2 N–H and O–H groups in total. The molecule has 1 aromatic carbocycles. The number of anilines is 1. The van der Waals surface area contributed by atoms with Crippen molar-refractivity contribution in [2.75, 3.05) is 5.32 Å². The van der Waals surface area contributed by atoms with E-state index in [-0.39, 0.29) is 22.8 Å². The third kappa shape index (κ3) is 4.10. The predicted octanol–water partition coefficient (Wildman–Crippen LogP) is 4.32. The number of rotatable bonds is 2. The maximum Gasteiger partial charge on any atom is 0.319 e. The minimum atomic E-state index is -0.525. The fourth-order valence-electron chi connectivity index (χ4n) is 2.38. The van der Waals surface area contributed by atoms with E-state index in [0.29, 0.717) is 0 Å². The molecule has 5 heteroatoms. The molecule has 0 aromatic heterocycles. The molecule has 0 atom stereocenters. The second-order valence-electron chi connectivity index (χ2n) is 4.88. The van der Waals surface area contributed by atoms with E-state index in [1.54, 1.807) is 6.07 Å². The van der Waals surface area contributed by atoms with E-state index in [1.807, 2.05) is 0 Å². The van der Waals surface area contributed by atoms with Gasteiger partial charge in [-0.3, -0.25) is 0 Å². The molecule has 0 heterocycles. The predicted molar refractivity (Wildman–Crippen MR) is 75.1 cm³/mol. The molecule has 0 unspecified atom stereocenters. The van der Waals surface area contributed by atoms with Gasteiger partial charge in [0.15, 0.2) is 0 Å². The lowest BCUT2D eigenvalue weighted by Gasteiger charge is -2.17. The average molecular weight is 285 g/mol. The molecule has 1 aromatic rings. The Morgan fingerprint density at radius 1 is 1.21 bits per heavy atom. The minimum Gasteiger partial charge on any atom is -0.335 e. The molecule has 2 rings (SSSR count). The maximum absolute atomic E-state index is 13.5. The first-order valence-electron chi connectivity index (χ1n) is 6.68. The Bertz CT molecular complexity index is 425. The molecule has 104 valence electrons. The molecule has 1 aliphatic carbocycles. The van der Waals surface area contributed by atoms with Crippen molar-refractivity contribution in [3.8, 4) is 0 Å². The molecule has 1 fully saturated rings. The molecule has 0 saturated heterocycles. The van der Waals surface area contributed by atoms with Crippen molar-refractivity contribution in [3.63, 3.8) is 0 Å². The molecular formula is C14H18ClFN2O. The summed E-state index contributed by atoms with van der Waals surface area (Å²) in [5, 5.41) is 5.58. The first kappa shape index (κ1) is 14.1. The number of halogens is 2. The Morgan fingerprint density at radius 3 is 2.53 bits per heavy atom. The molecular weight excluding hydrogens is 267 g/mol. The standard InChI is InChI=1S/C14H18ClFN2O/c15-11-8-5-9-12(16)13(11)18-14(19)17-10-6-3-1-2-4-7-10/h5,8-10H,1-4,6-7H2,(H2,17,18,19). The van der Waals surface area contributed by atoms with Crippen LogP contribution in [0.25, 0.3) is 0 Å². The molecule has 3 nitrogen and oxygen atoms in total. The van der Waals surface area contributed by atoms with Crippen LogP contribution in [0.2, 0.25) is 5.02 Å². The molecule has 0 aliphatic heterocycles. The molecule has 1 saturated carbocycles. The van der Waals surface area contributed by atoms with Crippen LogP contribution in [0.4, 0.5) is 14.9 Å². The topological polar surface area (TPSA) is 41.1 Å². The maximum atomic E-state index is 13.5. The lowest BCUT2D eigenvalue weighted by molar-refractivity contribution is 0.247. The number of hydrogen-bond donors (Lipinski definition) is 2. The van der Waals surface area contributed by atoms with Crippen molar-refractivity contribution in [3.05, 3.63) is 29.0 Å². The van der Waals surface area contributed by atoms with Gasteiger partial charge in [-0.15, -0.1) is 0 Å². The first-order valence-corrected chi connectivity index (χ1v) is 7.06. The highest BCUT2D eigenvalue weighted by Crippen LogP contribution is 2.24. The summed E-state index contributed by atoms with van der Waals surface area (Å²) in [7, 11) is 0. The SMILES string of the molecule is O=C(Nc1c(F)cccc1Cl)NC1CCCCCC1. The molecule has 1 aliphatic rings. The van der Waals surface area contributed by atoms with Crippen molar-refractivity contribution >= 4 is 23.3 Å². The fourth-order valence-corrected chi connectivity index (χ4v) is 2.59. The van der Waals surface area contributed by atoms with Crippen LogP contribution in [-0.2, 0) is 0 Å². The number of amides is 2. The van der Waals surface area contributed by atoms with Crippen LogP contribution >= 0.6 is 11.6 Å². The van der Waals surface area contributed by atoms with Crippen LogP contribution in [0, 0.1) is 5.82 Å². The Hall–Kier alpha value is -1.29. The zero-order valence-electron chi connectivity index (χ0n) is 10.7. The van der Waals surface area contributed by atoms with Gasteiger partial charge in [0.2, 0.25) is 0 Å². The summed E-state index contributed by atoms with van der Waals surface area (Å²) in [6.07, 6.45) is 6.67. The van der Waals surface area contributed by atoms with E-state index in [0.717, 1.165) is 25.7 Å². The third-order valence-electron chi connectivity index (χ3n) is 3.39. The number of hydrogen-bond acceptors (Lipinski definition) is 1. The van der Waals surface area contributed by atoms with Crippen LogP contribution in [0.1, 0.15) is 38.5 Å². The second-order valence-corrected chi connectivity index (χ2v) is 5.29. The summed E-state index contributed by atoms with van der Waals surface area (Å²) in [5.41, 5.74) is 0.0373. The van der Waals surface area contributed by atoms with Crippen LogP contribution in [0.3, 0.4) is 0 Å². The van der Waals surface area contributed by atoms with Gasteiger partial charge >= 0.3 is 6.03 Å². The summed E-state index contributed by atoms with van der Waals surface area (Å²) in [6, 6.07) is 4.11. The van der Waals surface area contributed by atoms with Crippen LogP contribution in [-0.4, -0.2) is 12.1 Å². The van der Waals surface area contributed by atoms with Crippen LogP contribution in [0.5, 0.6) is 0 Å². The Kier molecular flexibility index (Phi) is 5.02. The van der Waals surface area contributed by atoms with Gasteiger partial charge in [0.1, 0.15) is 5.82 Å². The highest BCUT2D eigenvalue weighted by Gasteiger charge is 2.16. The van der Waals surface area contributed by atoms with Crippen molar-refractivity contribution in [2.24, 2.45) is 0 Å². The van der Waals surface area contributed by atoms with Crippen molar-refractivity contribution in [1.82, 2.24) is 5.32 Å². The molecule has 19 heavy (non-hydrogen) atoms. The van der Waals surface area contributed by atoms with Crippen molar-refractivity contribution in [1.29, 1.82) is 0 Å². The number of carbonyl (C=O) groups excluding carboxylic acids is 1. The van der Waals surface area contributed by atoms with Crippen LogP contribution < -0.4 is 10.6 Å². The Labute approximate surface area is 117 Å². The van der Waals surface area contributed by atoms with Gasteiger partial charge in [-0.05, 0) is 25.0 Å². The van der Waals surface area contributed by atoms with Gasteiger partial charge in [0.25, 0.3) is 0 Å². The highest BCUT2D eigenvalue weighted by atomic mass is 35.5. The quantitative estimate of drug-likeness (QED) is 0.780. The average Bonchev–Trinajstić information content (AvgIpc) is 2.63. The summed E-state index contributed by atoms with van der Waals surface area (Å²) in [6.45, 7) is 0. The number of para-hydroxylation sites is 1. The number of urea groups is 1. The summed E-state index contributed by atoms with van der Waals surface area (Å²) in [5.74, 6) is -0.525. The molecule has 0 spiro atoms. The smallest absolute Gasteiger partial charge is 0.319 e. The summed E-state index contributed by atoms with van der Waals surface area (Å²) < 4.78 is 13.5. The van der Waals surface area contributed by atoms with Gasteiger partial charge in [-0.2, -0.15) is 0 Å². The van der Waals surface area contributed by atoms with Crippen molar-refractivity contribution < 1.29 is 9.18 Å². The van der Waals surface area contributed by atoms with Crippen LogP contribution in [0.15, 0.2) is 18.2 Å². The van der Waals surface area contributed by atoms with E-state index in [2.05, 4.69) is 10.6 Å². The zero-order chi connectivity index (χ0) is 13.7. The number of benzene rings is 1. The second kappa shape index (κ2) is 6.75. The lowest BCUT2D eigenvalue weighted by Crippen LogP contribution is -2.37. The molecule has 0 bridgehead atoms. The summed E-state index contributed by atoms with van der Waals surface area (Å²) >= 11 is 5.86. The van der Waals surface area contributed by atoms with Crippen molar-refractivity contribution in [2.45, 2.75) is 44.6 Å². The van der Waals surface area contributed by atoms with Gasteiger partial charge in [-0.1, -0.05) is 43.4 Å². The first-order chi connectivity index (χ1) is 9.16. The van der Waals surface area contributed by atoms with E-state index < -0.39 is 5.82 Å². The normalized spacial score (nSPS) is 16.7.